The first-order valence-electron chi connectivity index (χ1n) is 17.7. The largest absolute Gasteiger partial charge is 2.00 e. The molecule has 0 unspecified atom stereocenters. The molecule has 2 aliphatic heterocycles. The van der Waals surface area contributed by atoms with E-state index < -0.39 is 0 Å². The topological polar surface area (TPSA) is 54.0 Å². The molecule has 6 heterocycles. The number of hydrogen-bond donors (Lipinski definition) is 0. The first-order chi connectivity index (χ1) is 22.9. The minimum absolute atomic E-state index is 0. The van der Waals surface area contributed by atoms with Gasteiger partial charge in [-0.15, -0.1) is 33.4 Å². The zero-order chi connectivity index (χ0) is 33.2. The van der Waals surface area contributed by atoms with Gasteiger partial charge in [-0.25, -0.2) is 9.97 Å². The van der Waals surface area contributed by atoms with Crippen LogP contribution in [0.1, 0.15) is 137 Å². The van der Waals surface area contributed by atoms with Crippen LogP contribution < -0.4 is 9.97 Å². The summed E-state index contributed by atoms with van der Waals surface area (Å²) < 4.78 is 0. The van der Waals surface area contributed by atoms with Gasteiger partial charge in [-0.3, -0.25) is 0 Å². The van der Waals surface area contributed by atoms with Crippen molar-refractivity contribution in [3.8, 4) is 11.8 Å². The van der Waals surface area contributed by atoms with E-state index in [2.05, 4.69) is 103 Å². The molecule has 4 nitrogen and oxygen atoms in total. The second-order valence-electron chi connectivity index (χ2n) is 12.1. The Bertz CT molecular complexity index is 2130. The first kappa shape index (κ1) is 35.7. The third kappa shape index (κ3) is 6.17. The van der Waals surface area contributed by atoms with Crippen LogP contribution in [0.4, 0.5) is 0 Å². The van der Waals surface area contributed by atoms with Crippen molar-refractivity contribution in [3.05, 3.63) is 91.2 Å². The Labute approximate surface area is 300 Å². The Morgan fingerprint density at radius 2 is 1.04 bits per heavy atom. The van der Waals surface area contributed by atoms with Crippen LogP contribution in [0.3, 0.4) is 0 Å². The Kier molecular flexibility index (Phi) is 11.3. The molecular formula is C42H46N4NiS. The van der Waals surface area contributed by atoms with E-state index in [0.717, 1.165) is 107 Å². The minimum Gasteiger partial charge on any atom is -0.657 e. The number of rotatable bonds is 8. The number of allylic oxidation sites excluding steroid dienone is 4. The number of nitrogens with zero attached hydrogens (tertiary/aromatic N) is 4. The molecule has 0 atom stereocenters. The minimum atomic E-state index is 0. The SMILES string of the molecule is CCC1=C(CC)c2cc3[n-]c(c(C#Cc4cccs4)c4nc(cc5[n-]c(cc1n2)c(CC)c5CC)C(CC)=C4CC)c(CC)c3CC.[Ni+2]. The third-order valence-electron chi connectivity index (χ3n) is 9.78. The van der Waals surface area contributed by atoms with Gasteiger partial charge in [0.15, 0.2) is 0 Å². The number of fused-ring (bicyclic) bond motifs is 8. The van der Waals surface area contributed by atoms with Gasteiger partial charge in [0.1, 0.15) is 0 Å². The van der Waals surface area contributed by atoms with Gasteiger partial charge in [0.2, 0.25) is 0 Å². The van der Waals surface area contributed by atoms with Gasteiger partial charge in [-0.05, 0) is 85.1 Å². The van der Waals surface area contributed by atoms with E-state index in [1.54, 1.807) is 11.3 Å². The van der Waals surface area contributed by atoms with Gasteiger partial charge in [0.05, 0.1) is 27.7 Å². The predicted molar refractivity (Wildman–Crippen MR) is 202 cm³/mol. The predicted octanol–water partition coefficient (Wildman–Crippen LogP) is 10.7. The molecule has 0 saturated carbocycles. The van der Waals surface area contributed by atoms with Gasteiger partial charge in [0, 0.05) is 5.56 Å². The molecule has 0 aromatic carbocycles. The molecule has 0 aliphatic carbocycles. The standard InChI is InChI=1S/C42H46N4S.Ni/c1-9-26-28(11-3)37-23-39-30(13-5)32(15-7)41(45-39)34(20-19-25-18-17-21-47-25)42-33(16-8)31(14-6)40(46-42)24-38-29(12-4)27(10-2)36(44-38)22-35(26)43-37;/h17-18,21-24H,9-16H2,1-8H3;/q-2;+2. The molecule has 6 heteroatoms. The molecule has 0 spiro atoms. The molecule has 0 N–H and O–H groups in total. The monoisotopic (exact) mass is 696 g/mol. The normalized spacial score (nSPS) is 12.8. The number of hydrogen-bond acceptors (Lipinski definition) is 3. The maximum Gasteiger partial charge on any atom is 2.00 e. The van der Waals surface area contributed by atoms with Crippen molar-refractivity contribution >= 4 is 55.7 Å². The summed E-state index contributed by atoms with van der Waals surface area (Å²) in [5.41, 5.74) is 19.4. The molecule has 0 saturated heterocycles. The summed E-state index contributed by atoms with van der Waals surface area (Å²) in [7, 11) is 0. The van der Waals surface area contributed by atoms with Crippen LogP contribution in [0.2, 0.25) is 0 Å². The molecule has 0 amide bonds. The molecule has 4 aromatic heterocycles. The molecule has 4 aromatic rings. The van der Waals surface area contributed by atoms with Gasteiger partial charge in [-0.2, -0.15) is 0 Å². The summed E-state index contributed by atoms with van der Waals surface area (Å²) in [6.07, 6.45) is 7.22. The second-order valence-corrected chi connectivity index (χ2v) is 13.1. The first-order valence-corrected chi connectivity index (χ1v) is 18.5. The second kappa shape index (κ2) is 15.3. The smallest absolute Gasteiger partial charge is 0.657 e. The molecule has 48 heavy (non-hydrogen) atoms. The van der Waals surface area contributed by atoms with Crippen LogP contribution in [0.5, 0.6) is 0 Å². The van der Waals surface area contributed by atoms with E-state index in [9.17, 15) is 0 Å². The van der Waals surface area contributed by atoms with E-state index in [4.69, 9.17) is 19.9 Å². The summed E-state index contributed by atoms with van der Waals surface area (Å²) in [5.74, 6) is 7.13. The molecule has 2 aliphatic rings. The van der Waals surface area contributed by atoms with Crippen LogP contribution in [-0.4, -0.2) is 9.97 Å². The summed E-state index contributed by atoms with van der Waals surface area (Å²) >= 11 is 1.67. The number of thiophene rings is 1. The van der Waals surface area contributed by atoms with E-state index in [1.165, 1.54) is 44.5 Å². The average Bonchev–Trinajstić information content (AvgIpc) is 3.90. The van der Waals surface area contributed by atoms with Gasteiger partial charge in [0.25, 0.3) is 0 Å². The van der Waals surface area contributed by atoms with Crippen molar-refractivity contribution in [1.82, 2.24) is 19.9 Å². The zero-order valence-corrected chi connectivity index (χ0v) is 31.4. The van der Waals surface area contributed by atoms with Crippen LogP contribution >= 0.6 is 11.3 Å². The van der Waals surface area contributed by atoms with Crippen molar-refractivity contribution in [3.63, 3.8) is 0 Å². The summed E-state index contributed by atoms with van der Waals surface area (Å²) in [6.45, 7) is 17.9. The Morgan fingerprint density at radius 3 is 1.52 bits per heavy atom. The van der Waals surface area contributed by atoms with E-state index in [1.807, 2.05) is 0 Å². The quantitative estimate of drug-likeness (QED) is 0.136. The Morgan fingerprint density at radius 1 is 0.562 bits per heavy atom. The summed E-state index contributed by atoms with van der Waals surface area (Å²) in [6, 6.07) is 10.9. The third-order valence-corrected chi connectivity index (χ3v) is 10.6. The van der Waals surface area contributed by atoms with Crippen LogP contribution in [0.25, 0.3) is 44.4 Å². The van der Waals surface area contributed by atoms with Gasteiger partial charge >= 0.3 is 16.5 Å². The summed E-state index contributed by atoms with van der Waals surface area (Å²) in [5, 5.41) is 2.08. The number of aromatic nitrogens is 4. The van der Waals surface area contributed by atoms with Gasteiger partial charge < -0.3 is 9.97 Å². The molecule has 0 fully saturated rings. The fourth-order valence-electron chi connectivity index (χ4n) is 7.61. The Hall–Kier alpha value is -3.65. The molecule has 6 rings (SSSR count). The average molecular weight is 698 g/mol. The molecule has 250 valence electrons. The maximum atomic E-state index is 5.45. The van der Waals surface area contributed by atoms with Crippen LogP contribution in [0, 0.1) is 11.8 Å². The van der Waals surface area contributed by atoms with Crippen molar-refractivity contribution in [2.24, 2.45) is 0 Å². The Balaban J connectivity index is 0.00000451. The summed E-state index contributed by atoms with van der Waals surface area (Å²) in [4.78, 5) is 22.6. The fraction of sp³-hybridized carbons (Fsp3) is 0.381. The van der Waals surface area contributed by atoms with Crippen molar-refractivity contribution < 1.29 is 16.5 Å². The van der Waals surface area contributed by atoms with Crippen molar-refractivity contribution in [2.45, 2.75) is 107 Å². The zero-order valence-electron chi connectivity index (χ0n) is 29.6. The van der Waals surface area contributed by atoms with Gasteiger partial charge in [-0.1, -0.05) is 114 Å². The number of aryl methyl sites for hydroxylation is 4. The van der Waals surface area contributed by atoms with Crippen LogP contribution in [0.15, 0.2) is 35.7 Å². The fourth-order valence-corrected chi connectivity index (χ4v) is 8.18. The van der Waals surface area contributed by atoms with E-state index >= 15 is 0 Å². The molecule has 8 bridgehead atoms. The maximum absolute atomic E-state index is 5.45. The van der Waals surface area contributed by atoms with Crippen LogP contribution in [-0.2, 0) is 42.2 Å². The van der Waals surface area contributed by atoms with E-state index in [0.29, 0.717) is 0 Å². The molecular weight excluding hydrogens is 651 g/mol. The van der Waals surface area contributed by atoms with E-state index in [-0.39, 0.29) is 16.5 Å². The molecule has 0 radical (unpaired) electrons. The van der Waals surface area contributed by atoms with Crippen molar-refractivity contribution in [2.75, 3.05) is 0 Å². The van der Waals surface area contributed by atoms with Crippen molar-refractivity contribution in [1.29, 1.82) is 0 Å².